The largest absolute Gasteiger partial charge is 0.462 e. The molecule has 3 heterocycles. The molecule has 0 aromatic carbocycles. The Balaban J connectivity index is 1.33. The molecule has 2 aromatic rings. The minimum absolute atomic E-state index is 0.155. The average Bonchev–Trinajstić information content (AvgIpc) is 3.14. The first kappa shape index (κ1) is 16.8. The second-order valence-electron chi connectivity index (χ2n) is 6.35. The van der Waals surface area contributed by atoms with E-state index in [1.54, 1.807) is 28.7 Å². The Hall–Kier alpha value is -2.68. The lowest BCUT2D eigenvalue weighted by Gasteiger charge is -2.34. The number of nitrogens with zero attached hydrogens (tertiary/aromatic N) is 3. The molecule has 1 aliphatic heterocycles. The van der Waals surface area contributed by atoms with E-state index in [1.165, 1.54) is 16.2 Å². The molecule has 136 valence electrons. The molecule has 9 heteroatoms. The van der Waals surface area contributed by atoms with Crippen molar-refractivity contribution in [1.82, 2.24) is 20.1 Å². The monoisotopic (exact) mass is 374 g/mol. The van der Waals surface area contributed by atoms with Crippen LogP contribution >= 0.6 is 11.3 Å². The molecule has 4 rings (SSSR count). The normalized spacial score (nSPS) is 17.2. The molecule has 26 heavy (non-hydrogen) atoms. The first-order valence-electron chi connectivity index (χ1n) is 8.50. The van der Waals surface area contributed by atoms with Crippen LogP contribution in [0.5, 0.6) is 0 Å². The molecule has 0 spiro atoms. The highest BCUT2D eigenvalue weighted by molar-refractivity contribution is 7.13. The lowest BCUT2D eigenvalue weighted by Crippen LogP contribution is -2.54. The van der Waals surface area contributed by atoms with Crippen molar-refractivity contribution in [2.75, 3.05) is 26.2 Å². The fourth-order valence-corrected chi connectivity index (χ4v) is 3.54. The summed E-state index contributed by atoms with van der Waals surface area (Å²) < 4.78 is 5.29. The third kappa shape index (κ3) is 3.48. The Kier molecular flexibility index (Phi) is 4.46. The van der Waals surface area contributed by atoms with Gasteiger partial charge < -0.3 is 19.5 Å². The first-order valence-corrected chi connectivity index (χ1v) is 9.38. The van der Waals surface area contributed by atoms with Gasteiger partial charge in [0.05, 0.1) is 6.26 Å². The standard InChI is InChI=1S/C17H18N4O4S/c22-14(18-11-3-4-11)17(24)21-7-5-20(6-8-21)16(23)12-10-26-15(19-12)13-2-1-9-25-13/h1-2,9-11H,3-8H2,(H,18,22). The summed E-state index contributed by atoms with van der Waals surface area (Å²) in [5, 5.41) is 5.06. The molecule has 1 N–H and O–H groups in total. The van der Waals surface area contributed by atoms with Crippen LogP contribution in [0, 0.1) is 0 Å². The second kappa shape index (κ2) is 6.91. The van der Waals surface area contributed by atoms with Crippen molar-refractivity contribution in [1.29, 1.82) is 0 Å². The molecule has 2 aromatic heterocycles. The van der Waals surface area contributed by atoms with Crippen LogP contribution in [-0.2, 0) is 9.59 Å². The van der Waals surface area contributed by atoms with E-state index in [0.29, 0.717) is 42.6 Å². The smallest absolute Gasteiger partial charge is 0.312 e. The molecule has 0 radical (unpaired) electrons. The van der Waals surface area contributed by atoms with E-state index in [1.807, 2.05) is 0 Å². The van der Waals surface area contributed by atoms with E-state index in [2.05, 4.69) is 10.3 Å². The zero-order chi connectivity index (χ0) is 18.1. The van der Waals surface area contributed by atoms with Crippen LogP contribution in [0.4, 0.5) is 0 Å². The molecular formula is C17H18N4O4S. The van der Waals surface area contributed by atoms with E-state index < -0.39 is 11.8 Å². The zero-order valence-electron chi connectivity index (χ0n) is 14.0. The van der Waals surface area contributed by atoms with Gasteiger partial charge in [0, 0.05) is 37.6 Å². The van der Waals surface area contributed by atoms with Gasteiger partial charge >= 0.3 is 11.8 Å². The maximum absolute atomic E-state index is 12.6. The minimum Gasteiger partial charge on any atom is -0.462 e. The van der Waals surface area contributed by atoms with Crippen molar-refractivity contribution in [3.8, 4) is 10.8 Å². The number of hydrogen-bond acceptors (Lipinski definition) is 6. The Labute approximate surface area is 153 Å². The van der Waals surface area contributed by atoms with Crippen LogP contribution in [0.1, 0.15) is 23.3 Å². The van der Waals surface area contributed by atoms with E-state index >= 15 is 0 Å². The van der Waals surface area contributed by atoms with E-state index in [9.17, 15) is 14.4 Å². The lowest BCUT2D eigenvalue weighted by molar-refractivity contribution is -0.146. The number of carbonyl (C=O) groups is 3. The number of carbonyl (C=O) groups excluding carboxylic acids is 3. The Morgan fingerprint density at radius 2 is 1.88 bits per heavy atom. The predicted octanol–water partition coefficient (Wildman–Crippen LogP) is 0.966. The van der Waals surface area contributed by atoms with Gasteiger partial charge in [0.2, 0.25) is 0 Å². The fraction of sp³-hybridized carbons (Fsp3) is 0.412. The summed E-state index contributed by atoms with van der Waals surface area (Å²) >= 11 is 1.35. The van der Waals surface area contributed by atoms with E-state index in [0.717, 1.165) is 12.8 Å². The molecule has 0 bridgehead atoms. The summed E-state index contributed by atoms with van der Waals surface area (Å²) in [5.74, 6) is -0.604. The van der Waals surface area contributed by atoms with Gasteiger partial charge in [-0.1, -0.05) is 0 Å². The van der Waals surface area contributed by atoms with Gasteiger partial charge in [-0.15, -0.1) is 11.3 Å². The highest BCUT2D eigenvalue weighted by Gasteiger charge is 2.32. The molecule has 8 nitrogen and oxygen atoms in total. The number of rotatable bonds is 3. The van der Waals surface area contributed by atoms with Crippen molar-refractivity contribution in [2.24, 2.45) is 0 Å². The van der Waals surface area contributed by atoms with Crippen LogP contribution in [0.3, 0.4) is 0 Å². The van der Waals surface area contributed by atoms with Crippen LogP contribution in [0.25, 0.3) is 10.8 Å². The predicted molar refractivity (Wildman–Crippen MR) is 93.5 cm³/mol. The van der Waals surface area contributed by atoms with E-state index in [4.69, 9.17) is 4.42 Å². The van der Waals surface area contributed by atoms with Crippen molar-refractivity contribution >= 4 is 29.1 Å². The van der Waals surface area contributed by atoms with Crippen molar-refractivity contribution in [2.45, 2.75) is 18.9 Å². The summed E-state index contributed by atoms with van der Waals surface area (Å²) in [7, 11) is 0. The molecule has 0 atom stereocenters. The lowest BCUT2D eigenvalue weighted by atomic mass is 10.2. The molecule has 3 amide bonds. The molecule has 1 saturated heterocycles. The quantitative estimate of drug-likeness (QED) is 0.808. The minimum atomic E-state index is -0.546. The molecular weight excluding hydrogens is 356 g/mol. The highest BCUT2D eigenvalue weighted by Crippen LogP contribution is 2.24. The van der Waals surface area contributed by atoms with Crippen molar-refractivity contribution < 1.29 is 18.8 Å². The zero-order valence-corrected chi connectivity index (χ0v) is 14.8. The van der Waals surface area contributed by atoms with Gasteiger partial charge in [-0.3, -0.25) is 14.4 Å². The van der Waals surface area contributed by atoms with Gasteiger partial charge in [0.25, 0.3) is 5.91 Å². The number of hydrogen-bond donors (Lipinski definition) is 1. The number of aromatic nitrogens is 1. The summed E-state index contributed by atoms with van der Waals surface area (Å²) in [6.07, 6.45) is 3.44. The molecule has 2 fully saturated rings. The molecule has 1 aliphatic carbocycles. The maximum Gasteiger partial charge on any atom is 0.312 e. The Morgan fingerprint density at radius 3 is 2.54 bits per heavy atom. The molecule has 2 aliphatic rings. The fourth-order valence-electron chi connectivity index (χ4n) is 2.78. The number of nitrogens with one attached hydrogen (secondary N) is 1. The molecule has 0 unspecified atom stereocenters. The van der Waals surface area contributed by atoms with Gasteiger partial charge in [0.15, 0.2) is 10.8 Å². The second-order valence-corrected chi connectivity index (χ2v) is 7.21. The highest BCUT2D eigenvalue weighted by atomic mass is 32.1. The number of amides is 3. The number of thiazole rings is 1. The summed E-state index contributed by atoms with van der Waals surface area (Å²) in [5.41, 5.74) is 0.368. The van der Waals surface area contributed by atoms with Gasteiger partial charge in [-0.25, -0.2) is 4.98 Å². The van der Waals surface area contributed by atoms with Gasteiger partial charge in [0.1, 0.15) is 5.69 Å². The number of piperazine rings is 1. The van der Waals surface area contributed by atoms with Crippen molar-refractivity contribution in [3.63, 3.8) is 0 Å². The van der Waals surface area contributed by atoms with E-state index in [-0.39, 0.29) is 11.9 Å². The first-order chi connectivity index (χ1) is 12.6. The summed E-state index contributed by atoms with van der Waals surface area (Å²) in [4.78, 5) is 44.1. The maximum atomic E-state index is 12.6. The number of furan rings is 1. The SMILES string of the molecule is O=C(NC1CC1)C(=O)N1CCN(C(=O)c2csc(-c3ccco3)n2)CC1. The van der Waals surface area contributed by atoms with Crippen LogP contribution in [0.2, 0.25) is 0 Å². The van der Waals surface area contributed by atoms with Crippen LogP contribution < -0.4 is 5.32 Å². The Morgan fingerprint density at radius 1 is 1.15 bits per heavy atom. The third-order valence-corrected chi connectivity index (χ3v) is 5.27. The topological polar surface area (TPSA) is 95.8 Å². The summed E-state index contributed by atoms with van der Waals surface area (Å²) in [6, 6.07) is 3.72. The Bertz CT molecular complexity index is 820. The van der Waals surface area contributed by atoms with Crippen LogP contribution in [0.15, 0.2) is 28.2 Å². The average molecular weight is 374 g/mol. The van der Waals surface area contributed by atoms with Gasteiger partial charge in [-0.2, -0.15) is 0 Å². The van der Waals surface area contributed by atoms with Crippen molar-refractivity contribution in [3.05, 3.63) is 29.5 Å². The van der Waals surface area contributed by atoms with Crippen LogP contribution in [-0.4, -0.2) is 64.7 Å². The summed E-state index contributed by atoms with van der Waals surface area (Å²) in [6.45, 7) is 1.46. The third-order valence-electron chi connectivity index (χ3n) is 4.42. The van der Waals surface area contributed by atoms with Gasteiger partial charge in [-0.05, 0) is 25.0 Å². The molecule has 1 saturated carbocycles.